The summed E-state index contributed by atoms with van der Waals surface area (Å²) in [4.78, 5) is 7.19. The van der Waals surface area contributed by atoms with Crippen molar-refractivity contribution in [3.8, 4) is 22.6 Å². The highest BCUT2D eigenvalue weighted by molar-refractivity contribution is 6.14. The highest BCUT2D eigenvalue weighted by Gasteiger charge is 2.22. The summed E-state index contributed by atoms with van der Waals surface area (Å²) in [5, 5.41) is 6.37. The summed E-state index contributed by atoms with van der Waals surface area (Å²) in [6.45, 7) is 0. The number of para-hydroxylation sites is 2. The second kappa shape index (κ2) is 11.2. The van der Waals surface area contributed by atoms with Gasteiger partial charge in [-0.3, -0.25) is 0 Å². The average Bonchev–Trinajstić information content (AvgIpc) is 3.91. The number of hydrogen-bond acceptors (Lipinski definition) is 5. The molecule has 11 rings (SSSR count). The van der Waals surface area contributed by atoms with E-state index in [9.17, 15) is 0 Å². The maximum absolute atomic E-state index is 6.61. The van der Waals surface area contributed by atoms with Gasteiger partial charge in [0.1, 0.15) is 22.3 Å². The molecule has 5 heteroatoms. The van der Waals surface area contributed by atoms with Crippen LogP contribution < -0.4 is 4.90 Å². The van der Waals surface area contributed by atoms with E-state index in [4.69, 9.17) is 18.2 Å². The van der Waals surface area contributed by atoms with E-state index in [-0.39, 0.29) is 0 Å². The molecule has 0 aliphatic carbocycles. The van der Waals surface area contributed by atoms with Gasteiger partial charge in [0.2, 0.25) is 5.89 Å². The first-order valence-electron chi connectivity index (χ1n) is 17.4. The zero-order valence-corrected chi connectivity index (χ0v) is 27.8. The van der Waals surface area contributed by atoms with Crippen molar-refractivity contribution < 1.29 is 13.3 Å². The molecule has 52 heavy (non-hydrogen) atoms. The van der Waals surface area contributed by atoms with Gasteiger partial charge in [-0.1, -0.05) is 103 Å². The standard InChI is InChI=1S/C47H28N2O3/c1-2-10-29(11-3-1)30-20-22-33(23-21-30)49(40-17-8-15-36-35-14-6-7-18-41(35)51-46(36)40)34-24-25-37-43(28-34)50-42-19-9-16-38(45(37)42)47-48-39-26-31-12-4-5-13-32(31)27-44(39)52-47/h1-28H. The van der Waals surface area contributed by atoms with Crippen LogP contribution in [0.15, 0.2) is 183 Å². The number of aromatic nitrogens is 1. The van der Waals surface area contributed by atoms with E-state index in [1.165, 1.54) is 5.56 Å². The molecule has 3 aromatic heterocycles. The molecule has 0 spiro atoms. The number of oxazole rings is 1. The van der Waals surface area contributed by atoms with E-state index in [2.05, 4.69) is 132 Å². The van der Waals surface area contributed by atoms with E-state index in [1.54, 1.807) is 0 Å². The van der Waals surface area contributed by atoms with Gasteiger partial charge in [-0.05, 0) is 82.6 Å². The summed E-state index contributed by atoms with van der Waals surface area (Å²) in [5.41, 5.74) is 10.9. The van der Waals surface area contributed by atoms with Gasteiger partial charge in [0.05, 0.1) is 11.4 Å². The molecule has 0 fully saturated rings. The normalized spacial score (nSPS) is 11.8. The number of fused-ring (bicyclic) bond motifs is 8. The Bertz CT molecular complexity index is 3080. The molecule has 3 heterocycles. The van der Waals surface area contributed by atoms with Crippen molar-refractivity contribution in [2.75, 3.05) is 4.90 Å². The lowest BCUT2D eigenvalue weighted by molar-refractivity contribution is 0.620. The molecule has 0 amide bonds. The van der Waals surface area contributed by atoms with E-state index in [0.717, 1.165) is 93.9 Å². The van der Waals surface area contributed by atoms with Crippen molar-refractivity contribution in [2.45, 2.75) is 0 Å². The maximum atomic E-state index is 6.61. The Morgan fingerprint density at radius 1 is 0.423 bits per heavy atom. The number of hydrogen-bond donors (Lipinski definition) is 0. The summed E-state index contributed by atoms with van der Waals surface area (Å²) in [7, 11) is 0. The third-order valence-corrected chi connectivity index (χ3v) is 10.1. The molecule has 0 aliphatic rings. The molecule has 0 unspecified atom stereocenters. The number of benzene rings is 8. The molecule has 0 saturated carbocycles. The summed E-state index contributed by atoms with van der Waals surface area (Å²) < 4.78 is 19.6. The van der Waals surface area contributed by atoms with Gasteiger partial charge in [-0.15, -0.1) is 0 Å². The van der Waals surface area contributed by atoms with E-state index in [0.29, 0.717) is 5.89 Å². The topological polar surface area (TPSA) is 55.6 Å². The van der Waals surface area contributed by atoms with Gasteiger partial charge in [-0.2, -0.15) is 0 Å². The fourth-order valence-corrected chi connectivity index (χ4v) is 7.63. The van der Waals surface area contributed by atoms with Crippen molar-refractivity contribution >= 4 is 82.8 Å². The van der Waals surface area contributed by atoms with E-state index < -0.39 is 0 Å². The van der Waals surface area contributed by atoms with Crippen molar-refractivity contribution in [1.82, 2.24) is 4.98 Å². The number of rotatable bonds is 5. The van der Waals surface area contributed by atoms with Gasteiger partial charge in [0.25, 0.3) is 0 Å². The Kier molecular flexibility index (Phi) is 6.18. The van der Waals surface area contributed by atoms with Crippen molar-refractivity contribution in [2.24, 2.45) is 0 Å². The summed E-state index contributed by atoms with van der Waals surface area (Å²) >= 11 is 0. The number of anilines is 3. The minimum absolute atomic E-state index is 0.569. The SMILES string of the molecule is c1ccc(-c2ccc(N(c3ccc4c(c3)oc3cccc(-c5nc6cc7ccccc7cc6o5)c34)c3cccc4c3oc3ccccc34)cc2)cc1. The maximum Gasteiger partial charge on any atom is 0.228 e. The zero-order chi connectivity index (χ0) is 34.2. The Morgan fingerprint density at radius 2 is 1.13 bits per heavy atom. The third-order valence-electron chi connectivity index (χ3n) is 10.1. The van der Waals surface area contributed by atoms with Crippen LogP contribution in [0.25, 0.3) is 88.3 Å². The van der Waals surface area contributed by atoms with Crippen LogP contribution in [0.1, 0.15) is 0 Å². The van der Waals surface area contributed by atoms with Crippen molar-refractivity contribution in [3.63, 3.8) is 0 Å². The third kappa shape index (κ3) is 4.46. The van der Waals surface area contributed by atoms with Crippen molar-refractivity contribution in [3.05, 3.63) is 170 Å². The zero-order valence-electron chi connectivity index (χ0n) is 27.8. The monoisotopic (exact) mass is 668 g/mol. The fourth-order valence-electron chi connectivity index (χ4n) is 7.63. The fraction of sp³-hybridized carbons (Fsp3) is 0. The summed E-state index contributed by atoms with van der Waals surface area (Å²) in [5.74, 6) is 0.569. The highest BCUT2D eigenvalue weighted by Crippen LogP contribution is 2.45. The molecule has 0 aliphatic heterocycles. The van der Waals surface area contributed by atoms with Gasteiger partial charge >= 0.3 is 0 Å². The van der Waals surface area contributed by atoms with E-state index in [1.807, 2.05) is 42.5 Å². The lowest BCUT2D eigenvalue weighted by Crippen LogP contribution is -2.10. The van der Waals surface area contributed by atoms with Gasteiger partial charge in [-0.25, -0.2) is 4.98 Å². The molecule has 0 atom stereocenters. The lowest BCUT2D eigenvalue weighted by Gasteiger charge is -2.25. The minimum atomic E-state index is 0.569. The summed E-state index contributed by atoms with van der Waals surface area (Å²) in [6.07, 6.45) is 0. The predicted molar refractivity (Wildman–Crippen MR) is 212 cm³/mol. The lowest BCUT2D eigenvalue weighted by atomic mass is 10.0. The molecule has 0 saturated heterocycles. The minimum Gasteiger partial charge on any atom is -0.456 e. The quantitative estimate of drug-likeness (QED) is 0.183. The largest absolute Gasteiger partial charge is 0.456 e. The number of furan rings is 2. The smallest absolute Gasteiger partial charge is 0.228 e. The van der Waals surface area contributed by atoms with Gasteiger partial charge < -0.3 is 18.2 Å². The Hall–Kier alpha value is -7.11. The second-order valence-electron chi connectivity index (χ2n) is 13.1. The summed E-state index contributed by atoms with van der Waals surface area (Å²) in [6, 6.07) is 58.5. The average molecular weight is 669 g/mol. The first-order valence-corrected chi connectivity index (χ1v) is 17.4. The highest BCUT2D eigenvalue weighted by atomic mass is 16.4. The van der Waals surface area contributed by atoms with Crippen LogP contribution in [0.3, 0.4) is 0 Å². The predicted octanol–water partition coefficient (Wildman–Crippen LogP) is 13.6. The van der Waals surface area contributed by atoms with Gasteiger partial charge in [0.15, 0.2) is 11.2 Å². The van der Waals surface area contributed by atoms with Gasteiger partial charge in [0, 0.05) is 38.9 Å². The Morgan fingerprint density at radius 3 is 2.02 bits per heavy atom. The van der Waals surface area contributed by atoms with Crippen LogP contribution in [0.2, 0.25) is 0 Å². The molecular formula is C47H28N2O3. The molecule has 0 N–H and O–H groups in total. The van der Waals surface area contributed by atoms with Crippen LogP contribution >= 0.6 is 0 Å². The van der Waals surface area contributed by atoms with Crippen LogP contribution in [-0.2, 0) is 0 Å². The Balaban J connectivity index is 1.09. The Labute approximate surface area is 297 Å². The molecule has 0 radical (unpaired) electrons. The van der Waals surface area contributed by atoms with Crippen LogP contribution in [0.5, 0.6) is 0 Å². The number of nitrogens with zero attached hydrogens (tertiary/aromatic N) is 2. The molecular weight excluding hydrogens is 641 g/mol. The second-order valence-corrected chi connectivity index (χ2v) is 13.1. The molecule has 11 aromatic rings. The molecule has 0 bridgehead atoms. The first kappa shape index (κ1) is 28.7. The molecule has 8 aromatic carbocycles. The first-order chi connectivity index (χ1) is 25.7. The molecule has 5 nitrogen and oxygen atoms in total. The van der Waals surface area contributed by atoms with Crippen molar-refractivity contribution in [1.29, 1.82) is 0 Å². The van der Waals surface area contributed by atoms with Crippen LogP contribution in [0, 0.1) is 0 Å². The molecule has 244 valence electrons. The van der Waals surface area contributed by atoms with E-state index >= 15 is 0 Å². The van der Waals surface area contributed by atoms with Crippen LogP contribution in [0.4, 0.5) is 17.1 Å². The van der Waals surface area contributed by atoms with Crippen LogP contribution in [-0.4, -0.2) is 4.98 Å².